The Labute approximate surface area is 174 Å². The summed E-state index contributed by atoms with van der Waals surface area (Å²) in [5.74, 6) is 0.0198. The molecule has 1 aliphatic heterocycles. The minimum Gasteiger partial charge on any atom is -0.371 e. The van der Waals surface area contributed by atoms with E-state index < -0.39 is 4.92 Å². The number of aryl methyl sites for hydroxylation is 1. The number of anilines is 1. The number of para-hydroxylation sites is 1. The van der Waals surface area contributed by atoms with E-state index in [1.165, 1.54) is 6.07 Å². The van der Waals surface area contributed by atoms with Crippen LogP contribution in [0.15, 0.2) is 48.8 Å². The molecule has 2 aromatic heterocycles. The Kier molecular flexibility index (Phi) is 5.56. The number of amides is 1. The van der Waals surface area contributed by atoms with Gasteiger partial charge in [-0.3, -0.25) is 19.9 Å². The van der Waals surface area contributed by atoms with Crippen molar-refractivity contribution in [2.75, 3.05) is 18.0 Å². The van der Waals surface area contributed by atoms with E-state index in [2.05, 4.69) is 20.2 Å². The standard InChI is InChI=1S/C22H23N5O3/c1-15-12-20(18-5-2-6-19(27(29)30)21(18)25-15)26-10-7-17(8-11-26)22(28)24-14-16-4-3-9-23-13-16/h2-6,9,12-13,17H,7-8,10-11,14H2,1H3,(H,24,28). The van der Waals surface area contributed by atoms with Gasteiger partial charge in [-0.1, -0.05) is 18.2 Å². The molecule has 4 rings (SSSR count). The third-order valence-electron chi connectivity index (χ3n) is 5.52. The van der Waals surface area contributed by atoms with Crippen LogP contribution in [0.2, 0.25) is 0 Å². The zero-order chi connectivity index (χ0) is 21.1. The van der Waals surface area contributed by atoms with Gasteiger partial charge in [0.2, 0.25) is 5.91 Å². The highest BCUT2D eigenvalue weighted by atomic mass is 16.6. The maximum Gasteiger partial charge on any atom is 0.295 e. The molecule has 3 aromatic rings. The molecule has 154 valence electrons. The SMILES string of the molecule is Cc1cc(N2CCC(C(=O)NCc3cccnc3)CC2)c2cccc([N+](=O)[O-])c2n1. The van der Waals surface area contributed by atoms with Gasteiger partial charge in [0.1, 0.15) is 0 Å². The number of nitro benzene ring substituents is 1. The topological polar surface area (TPSA) is 101 Å². The lowest BCUT2D eigenvalue weighted by molar-refractivity contribution is -0.383. The number of carbonyl (C=O) groups is 1. The lowest BCUT2D eigenvalue weighted by atomic mass is 9.95. The number of nitrogens with one attached hydrogen (secondary N) is 1. The highest BCUT2D eigenvalue weighted by molar-refractivity contribution is 5.97. The molecular weight excluding hydrogens is 382 g/mol. The molecule has 8 nitrogen and oxygen atoms in total. The van der Waals surface area contributed by atoms with Crippen LogP contribution in [0.4, 0.5) is 11.4 Å². The molecule has 0 saturated carbocycles. The first-order chi connectivity index (χ1) is 14.5. The Bertz CT molecular complexity index is 1080. The zero-order valence-electron chi connectivity index (χ0n) is 16.7. The molecular formula is C22H23N5O3. The van der Waals surface area contributed by atoms with Crippen LogP contribution in [-0.2, 0) is 11.3 Å². The van der Waals surface area contributed by atoms with E-state index in [1.807, 2.05) is 31.2 Å². The number of piperidine rings is 1. The molecule has 1 aromatic carbocycles. The summed E-state index contributed by atoms with van der Waals surface area (Å²) < 4.78 is 0. The van der Waals surface area contributed by atoms with Crippen molar-refractivity contribution >= 4 is 28.2 Å². The fourth-order valence-corrected chi connectivity index (χ4v) is 3.97. The van der Waals surface area contributed by atoms with Crippen LogP contribution in [0.1, 0.15) is 24.1 Å². The van der Waals surface area contributed by atoms with Gasteiger partial charge in [-0.15, -0.1) is 0 Å². The summed E-state index contributed by atoms with van der Waals surface area (Å²) in [6, 6.07) is 10.8. The van der Waals surface area contributed by atoms with Gasteiger partial charge >= 0.3 is 0 Å². The Balaban J connectivity index is 1.46. The molecule has 3 heterocycles. The molecule has 0 radical (unpaired) electrons. The van der Waals surface area contributed by atoms with Crippen LogP contribution in [0, 0.1) is 23.0 Å². The maximum absolute atomic E-state index is 12.6. The summed E-state index contributed by atoms with van der Waals surface area (Å²) in [6.07, 6.45) is 4.92. The molecule has 0 spiro atoms. The first kappa shape index (κ1) is 19.8. The maximum atomic E-state index is 12.6. The molecule has 1 amide bonds. The van der Waals surface area contributed by atoms with E-state index in [9.17, 15) is 14.9 Å². The van der Waals surface area contributed by atoms with Crippen molar-refractivity contribution in [3.63, 3.8) is 0 Å². The minimum absolute atomic E-state index is 0.0158. The highest BCUT2D eigenvalue weighted by Gasteiger charge is 2.27. The van der Waals surface area contributed by atoms with Gasteiger partial charge in [-0.2, -0.15) is 0 Å². The van der Waals surface area contributed by atoms with Gasteiger partial charge in [0, 0.05) is 60.8 Å². The average Bonchev–Trinajstić information content (AvgIpc) is 2.77. The van der Waals surface area contributed by atoms with Crippen LogP contribution in [0.25, 0.3) is 10.9 Å². The lowest BCUT2D eigenvalue weighted by Gasteiger charge is -2.33. The third kappa shape index (κ3) is 4.07. The van der Waals surface area contributed by atoms with E-state index in [0.29, 0.717) is 25.2 Å². The van der Waals surface area contributed by atoms with E-state index in [4.69, 9.17) is 0 Å². The third-order valence-corrected chi connectivity index (χ3v) is 5.52. The van der Waals surface area contributed by atoms with Crippen molar-refractivity contribution in [3.05, 3.63) is 70.2 Å². The number of pyridine rings is 2. The summed E-state index contributed by atoms with van der Waals surface area (Å²) in [7, 11) is 0. The molecule has 30 heavy (non-hydrogen) atoms. The minimum atomic E-state index is -0.391. The fourth-order valence-electron chi connectivity index (χ4n) is 3.97. The number of rotatable bonds is 5. The highest BCUT2D eigenvalue weighted by Crippen LogP contribution is 2.34. The van der Waals surface area contributed by atoms with Crippen molar-refractivity contribution in [3.8, 4) is 0 Å². The van der Waals surface area contributed by atoms with Crippen LogP contribution < -0.4 is 10.2 Å². The van der Waals surface area contributed by atoms with Crippen LogP contribution in [-0.4, -0.2) is 33.9 Å². The lowest BCUT2D eigenvalue weighted by Crippen LogP contribution is -2.40. The Morgan fingerprint density at radius 2 is 2.07 bits per heavy atom. The van der Waals surface area contributed by atoms with Crippen molar-refractivity contribution in [2.45, 2.75) is 26.3 Å². The van der Waals surface area contributed by atoms with Gasteiger partial charge in [0.15, 0.2) is 5.52 Å². The van der Waals surface area contributed by atoms with Gasteiger partial charge in [0.05, 0.1) is 4.92 Å². The molecule has 1 N–H and O–H groups in total. The van der Waals surface area contributed by atoms with Crippen molar-refractivity contribution in [2.24, 2.45) is 5.92 Å². The first-order valence-corrected chi connectivity index (χ1v) is 9.99. The van der Waals surface area contributed by atoms with Crippen LogP contribution in [0.5, 0.6) is 0 Å². The molecule has 0 unspecified atom stereocenters. The number of aromatic nitrogens is 2. The summed E-state index contributed by atoms with van der Waals surface area (Å²) in [5.41, 5.74) is 3.08. The number of non-ortho nitro benzene ring substituents is 1. The van der Waals surface area contributed by atoms with E-state index in [0.717, 1.165) is 35.2 Å². The van der Waals surface area contributed by atoms with Gasteiger partial charge < -0.3 is 10.2 Å². The number of hydrogen-bond donors (Lipinski definition) is 1. The van der Waals surface area contributed by atoms with Gasteiger partial charge in [-0.25, -0.2) is 4.98 Å². The van der Waals surface area contributed by atoms with Gasteiger partial charge in [-0.05, 0) is 37.5 Å². The second kappa shape index (κ2) is 8.44. The zero-order valence-corrected chi connectivity index (χ0v) is 16.7. The van der Waals surface area contributed by atoms with Crippen LogP contribution in [0.3, 0.4) is 0 Å². The fraction of sp³-hybridized carbons (Fsp3) is 0.318. The van der Waals surface area contributed by atoms with Crippen molar-refractivity contribution < 1.29 is 9.72 Å². The predicted octanol–water partition coefficient (Wildman–Crippen LogP) is 3.38. The molecule has 1 saturated heterocycles. The summed E-state index contributed by atoms with van der Waals surface area (Å²) >= 11 is 0. The average molecular weight is 405 g/mol. The Morgan fingerprint density at radius 3 is 2.77 bits per heavy atom. The smallest absolute Gasteiger partial charge is 0.295 e. The normalized spacial score (nSPS) is 14.6. The summed E-state index contributed by atoms with van der Waals surface area (Å²) in [4.78, 5) is 34.2. The number of hydrogen-bond acceptors (Lipinski definition) is 6. The molecule has 0 aliphatic carbocycles. The first-order valence-electron chi connectivity index (χ1n) is 9.99. The largest absolute Gasteiger partial charge is 0.371 e. The molecule has 0 bridgehead atoms. The van der Waals surface area contributed by atoms with Crippen molar-refractivity contribution in [1.82, 2.24) is 15.3 Å². The summed E-state index contributed by atoms with van der Waals surface area (Å²) in [5, 5.41) is 15.2. The number of fused-ring (bicyclic) bond motifs is 1. The van der Waals surface area contributed by atoms with E-state index in [1.54, 1.807) is 18.5 Å². The monoisotopic (exact) mass is 405 g/mol. The molecule has 0 atom stereocenters. The quantitative estimate of drug-likeness (QED) is 0.516. The molecule has 1 fully saturated rings. The Morgan fingerprint density at radius 1 is 1.27 bits per heavy atom. The second-order valence-electron chi connectivity index (χ2n) is 7.55. The predicted molar refractivity (Wildman–Crippen MR) is 114 cm³/mol. The van der Waals surface area contributed by atoms with Crippen molar-refractivity contribution in [1.29, 1.82) is 0 Å². The molecule has 1 aliphatic rings. The molecule has 8 heteroatoms. The second-order valence-corrected chi connectivity index (χ2v) is 7.55. The Hall–Kier alpha value is -3.55. The van der Waals surface area contributed by atoms with E-state index in [-0.39, 0.29) is 17.5 Å². The van der Waals surface area contributed by atoms with Gasteiger partial charge in [0.25, 0.3) is 5.69 Å². The number of nitro groups is 1. The van der Waals surface area contributed by atoms with E-state index >= 15 is 0 Å². The number of nitrogens with zero attached hydrogens (tertiary/aromatic N) is 4. The number of benzene rings is 1. The number of carbonyl (C=O) groups excluding carboxylic acids is 1. The summed E-state index contributed by atoms with van der Waals surface area (Å²) in [6.45, 7) is 3.75. The van der Waals surface area contributed by atoms with Crippen LogP contribution >= 0.6 is 0 Å².